The van der Waals surface area contributed by atoms with E-state index >= 15 is 0 Å². The number of nitrogens with one attached hydrogen (secondary N) is 2. The van der Waals surface area contributed by atoms with Crippen molar-refractivity contribution in [3.63, 3.8) is 0 Å². The van der Waals surface area contributed by atoms with Crippen molar-refractivity contribution in [3.8, 4) is 0 Å². The molecule has 2 rings (SSSR count). The van der Waals surface area contributed by atoms with Crippen LogP contribution in [0.3, 0.4) is 0 Å². The first-order valence-electron chi connectivity index (χ1n) is 8.51. The van der Waals surface area contributed by atoms with Crippen LogP contribution in [0.2, 0.25) is 10.0 Å². The molecule has 1 amide bonds. The van der Waals surface area contributed by atoms with Gasteiger partial charge in [0.1, 0.15) is 0 Å². The zero-order valence-corrected chi connectivity index (χ0v) is 17.5. The molecular formula is C19H22Cl2N2O3S. The van der Waals surface area contributed by atoms with Crippen molar-refractivity contribution in [2.45, 2.75) is 31.6 Å². The van der Waals surface area contributed by atoms with Gasteiger partial charge in [0.2, 0.25) is 15.9 Å². The number of carbonyl (C=O) groups is 1. The SMILES string of the molecule is CC(C)CNS(=O)(=O)c1ccc(CCC(=O)Nc2c(Cl)cccc2Cl)cc1. The number of benzene rings is 2. The Bertz CT molecular complexity index is 877. The van der Waals surface area contributed by atoms with Crippen molar-refractivity contribution in [1.29, 1.82) is 0 Å². The van der Waals surface area contributed by atoms with Gasteiger partial charge < -0.3 is 5.32 Å². The van der Waals surface area contributed by atoms with E-state index in [1.54, 1.807) is 42.5 Å². The number of anilines is 1. The van der Waals surface area contributed by atoms with Gasteiger partial charge in [-0.05, 0) is 42.2 Å². The van der Waals surface area contributed by atoms with E-state index in [1.165, 1.54) is 0 Å². The highest BCUT2D eigenvalue weighted by Gasteiger charge is 2.14. The highest BCUT2D eigenvalue weighted by molar-refractivity contribution is 7.89. The average Bonchev–Trinajstić information content (AvgIpc) is 2.62. The molecule has 8 heteroatoms. The second-order valence-electron chi connectivity index (χ2n) is 6.53. The van der Waals surface area contributed by atoms with E-state index in [-0.39, 0.29) is 23.1 Å². The van der Waals surface area contributed by atoms with E-state index in [2.05, 4.69) is 10.0 Å². The molecule has 0 aliphatic heterocycles. The van der Waals surface area contributed by atoms with Crippen LogP contribution in [-0.2, 0) is 21.2 Å². The zero-order valence-electron chi connectivity index (χ0n) is 15.1. The molecule has 0 heterocycles. The first-order valence-corrected chi connectivity index (χ1v) is 10.8. The van der Waals surface area contributed by atoms with Crippen LogP contribution in [0.1, 0.15) is 25.8 Å². The second-order valence-corrected chi connectivity index (χ2v) is 9.12. The molecule has 0 spiro atoms. The van der Waals surface area contributed by atoms with Gasteiger partial charge in [0.15, 0.2) is 0 Å². The molecule has 0 unspecified atom stereocenters. The molecule has 0 fully saturated rings. The highest BCUT2D eigenvalue weighted by Crippen LogP contribution is 2.29. The molecule has 0 bridgehead atoms. The van der Waals surface area contributed by atoms with E-state index < -0.39 is 10.0 Å². The quantitative estimate of drug-likeness (QED) is 0.649. The lowest BCUT2D eigenvalue weighted by molar-refractivity contribution is -0.116. The summed E-state index contributed by atoms with van der Waals surface area (Å²) in [5.41, 5.74) is 1.25. The minimum atomic E-state index is -3.51. The molecule has 5 nitrogen and oxygen atoms in total. The molecule has 2 aromatic rings. The summed E-state index contributed by atoms with van der Waals surface area (Å²) in [5.74, 6) is 0.00415. The lowest BCUT2D eigenvalue weighted by atomic mass is 10.1. The van der Waals surface area contributed by atoms with Crippen LogP contribution >= 0.6 is 23.2 Å². The Morgan fingerprint density at radius 2 is 1.63 bits per heavy atom. The molecule has 146 valence electrons. The summed E-state index contributed by atoms with van der Waals surface area (Å²) in [4.78, 5) is 12.3. The summed E-state index contributed by atoms with van der Waals surface area (Å²) >= 11 is 12.1. The van der Waals surface area contributed by atoms with Gasteiger partial charge in [0, 0.05) is 13.0 Å². The second kappa shape index (κ2) is 9.55. The predicted octanol–water partition coefficient (Wildman–Crippen LogP) is 4.50. The maximum absolute atomic E-state index is 12.2. The van der Waals surface area contributed by atoms with Crippen LogP contribution in [0.25, 0.3) is 0 Å². The lowest BCUT2D eigenvalue weighted by Crippen LogP contribution is -2.27. The fourth-order valence-corrected chi connectivity index (χ4v) is 3.98. The molecule has 2 N–H and O–H groups in total. The topological polar surface area (TPSA) is 75.3 Å². The number of sulfonamides is 1. The van der Waals surface area contributed by atoms with Crippen LogP contribution in [0.5, 0.6) is 0 Å². The number of halogens is 2. The molecule has 0 aliphatic carbocycles. The molecule has 27 heavy (non-hydrogen) atoms. The molecule has 0 radical (unpaired) electrons. The van der Waals surface area contributed by atoms with Crippen molar-refractivity contribution >= 4 is 44.8 Å². The van der Waals surface area contributed by atoms with Crippen molar-refractivity contribution in [2.24, 2.45) is 5.92 Å². The number of rotatable bonds is 8. The van der Waals surface area contributed by atoms with Gasteiger partial charge in [-0.15, -0.1) is 0 Å². The zero-order chi connectivity index (χ0) is 20.0. The standard InChI is InChI=1S/C19H22Cl2N2O3S/c1-13(2)12-22-27(25,26)15-9-6-14(7-10-15)8-11-18(24)23-19-16(20)4-3-5-17(19)21/h3-7,9-10,13,22H,8,11-12H2,1-2H3,(H,23,24). The maximum Gasteiger partial charge on any atom is 0.240 e. The van der Waals surface area contributed by atoms with Gasteiger partial charge in [-0.2, -0.15) is 0 Å². The molecule has 0 saturated carbocycles. The fourth-order valence-electron chi connectivity index (χ4n) is 2.27. The van der Waals surface area contributed by atoms with Crippen molar-refractivity contribution < 1.29 is 13.2 Å². The van der Waals surface area contributed by atoms with E-state index in [4.69, 9.17) is 23.2 Å². The van der Waals surface area contributed by atoms with Gasteiger partial charge >= 0.3 is 0 Å². The Labute approximate surface area is 170 Å². The summed E-state index contributed by atoms with van der Waals surface area (Å²) in [6.07, 6.45) is 0.687. The number of para-hydroxylation sites is 1. The summed E-state index contributed by atoms with van der Waals surface area (Å²) in [6, 6.07) is 11.5. The first-order chi connectivity index (χ1) is 12.7. The van der Waals surface area contributed by atoms with Crippen molar-refractivity contribution in [3.05, 3.63) is 58.1 Å². The van der Waals surface area contributed by atoms with Crippen LogP contribution in [0.4, 0.5) is 5.69 Å². The summed E-state index contributed by atoms with van der Waals surface area (Å²) in [5, 5.41) is 3.45. The lowest BCUT2D eigenvalue weighted by Gasteiger charge is -2.10. The van der Waals surface area contributed by atoms with Crippen molar-refractivity contribution in [1.82, 2.24) is 4.72 Å². The van der Waals surface area contributed by atoms with E-state index in [0.29, 0.717) is 28.7 Å². The maximum atomic E-state index is 12.2. The van der Waals surface area contributed by atoms with E-state index in [0.717, 1.165) is 5.56 Å². The van der Waals surface area contributed by atoms with Gasteiger partial charge in [0.25, 0.3) is 0 Å². The Balaban J connectivity index is 1.94. The molecule has 0 atom stereocenters. The third kappa shape index (κ3) is 6.50. The average molecular weight is 429 g/mol. The number of hydrogen-bond acceptors (Lipinski definition) is 3. The van der Waals surface area contributed by atoms with Gasteiger partial charge in [-0.1, -0.05) is 55.2 Å². The van der Waals surface area contributed by atoms with Gasteiger partial charge in [-0.25, -0.2) is 13.1 Å². The van der Waals surface area contributed by atoms with Crippen molar-refractivity contribution in [2.75, 3.05) is 11.9 Å². The van der Waals surface area contributed by atoms with Crippen LogP contribution in [-0.4, -0.2) is 20.9 Å². The summed E-state index contributed by atoms with van der Waals surface area (Å²) in [6.45, 7) is 4.26. The van der Waals surface area contributed by atoms with Gasteiger partial charge in [-0.3, -0.25) is 4.79 Å². The Kier molecular flexibility index (Phi) is 7.68. The minimum absolute atomic E-state index is 0.208. The Hall–Kier alpha value is -1.60. The normalized spacial score (nSPS) is 11.6. The third-order valence-electron chi connectivity index (χ3n) is 3.78. The van der Waals surface area contributed by atoms with E-state index in [9.17, 15) is 13.2 Å². The number of amides is 1. The molecule has 0 aliphatic rings. The third-order valence-corrected chi connectivity index (χ3v) is 5.85. The van der Waals surface area contributed by atoms with Crippen LogP contribution in [0, 0.1) is 5.92 Å². The van der Waals surface area contributed by atoms with Crippen LogP contribution in [0.15, 0.2) is 47.4 Å². The van der Waals surface area contributed by atoms with E-state index in [1.807, 2.05) is 13.8 Å². The predicted molar refractivity (Wildman–Crippen MR) is 110 cm³/mol. The Morgan fingerprint density at radius 1 is 1.04 bits per heavy atom. The number of aryl methyl sites for hydroxylation is 1. The smallest absolute Gasteiger partial charge is 0.240 e. The molecule has 2 aromatic carbocycles. The summed E-state index contributed by atoms with van der Waals surface area (Å²) in [7, 11) is -3.51. The Morgan fingerprint density at radius 3 is 2.19 bits per heavy atom. The molecule has 0 aromatic heterocycles. The number of carbonyl (C=O) groups excluding carboxylic acids is 1. The first kappa shape index (κ1) is 21.7. The van der Waals surface area contributed by atoms with Crippen LogP contribution < -0.4 is 10.0 Å². The van der Waals surface area contributed by atoms with Gasteiger partial charge in [0.05, 0.1) is 20.6 Å². The summed E-state index contributed by atoms with van der Waals surface area (Å²) < 4.78 is 26.9. The number of hydrogen-bond donors (Lipinski definition) is 2. The monoisotopic (exact) mass is 428 g/mol. The highest BCUT2D eigenvalue weighted by atomic mass is 35.5. The molecular weight excluding hydrogens is 407 g/mol. The fraction of sp³-hybridized carbons (Fsp3) is 0.316. The largest absolute Gasteiger partial charge is 0.324 e. The minimum Gasteiger partial charge on any atom is -0.324 e. The molecule has 0 saturated heterocycles.